The van der Waals surface area contributed by atoms with Gasteiger partial charge in [0.1, 0.15) is 5.76 Å². The normalized spacial score (nSPS) is 19.2. The number of hydrogen-bond donors (Lipinski definition) is 1. The van der Waals surface area contributed by atoms with Crippen molar-refractivity contribution >= 4 is 0 Å². The van der Waals surface area contributed by atoms with Gasteiger partial charge in [-0.25, -0.2) is 0 Å². The SMILES string of the molecule is CC/C(N)=C(\CC)OCC1CCC1. The van der Waals surface area contributed by atoms with Gasteiger partial charge < -0.3 is 10.5 Å². The summed E-state index contributed by atoms with van der Waals surface area (Å²) in [5, 5.41) is 0. The fraction of sp³-hybridized carbons (Fsp3) is 0.818. The third-order valence-corrected chi connectivity index (χ3v) is 2.78. The Morgan fingerprint density at radius 3 is 2.38 bits per heavy atom. The molecule has 0 heterocycles. The lowest BCUT2D eigenvalue weighted by Gasteiger charge is -2.26. The zero-order valence-corrected chi connectivity index (χ0v) is 8.81. The van der Waals surface area contributed by atoms with Crippen LogP contribution in [0.1, 0.15) is 46.0 Å². The van der Waals surface area contributed by atoms with Gasteiger partial charge in [0.05, 0.1) is 6.61 Å². The van der Waals surface area contributed by atoms with Crippen LogP contribution < -0.4 is 5.73 Å². The minimum absolute atomic E-state index is 0.797. The van der Waals surface area contributed by atoms with Gasteiger partial charge in [0, 0.05) is 12.1 Å². The van der Waals surface area contributed by atoms with Crippen molar-refractivity contribution in [2.24, 2.45) is 11.7 Å². The van der Waals surface area contributed by atoms with E-state index in [1.54, 1.807) is 0 Å². The van der Waals surface area contributed by atoms with Crippen LogP contribution in [0.25, 0.3) is 0 Å². The molecule has 0 aromatic heterocycles. The summed E-state index contributed by atoms with van der Waals surface area (Å²) in [6, 6.07) is 0. The Hall–Kier alpha value is -0.660. The van der Waals surface area contributed by atoms with E-state index < -0.39 is 0 Å². The average Bonchev–Trinajstić information content (AvgIpc) is 2.08. The predicted octanol–water partition coefficient (Wildman–Crippen LogP) is 2.79. The highest BCUT2D eigenvalue weighted by Crippen LogP contribution is 2.27. The lowest BCUT2D eigenvalue weighted by Crippen LogP contribution is -2.18. The quantitative estimate of drug-likeness (QED) is 0.665. The summed E-state index contributed by atoms with van der Waals surface area (Å²) in [4.78, 5) is 0. The minimum Gasteiger partial charge on any atom is -0.496 e. The van der Waals surface area contributed by atoms with E-state index in [1.807, 2.05) is 0 Å². The van der Waals surface area contributed by atoms with Gasteiger partial charge in [0.15, 0.2) is 0 Å². The van der Waals surface area contributed by atoms with Gasteiger partial charge in [-0.05, 0) is 25.2 Å². The van der Waals surface area contributed by atoms with Crippen molar-refractivity contribution in [1.82, 2.24) is 0 Å². The second-order valence-corrected chi connectivity index (χ2v) is 3.76. The zero-order chi connectivity index (χ0) is 9.68. The highest BCUT2D eigenvalue weighted by Gasteiger charge is 2.18. The van der Waals surface area contributed by atoms with Crippen molar-refractivity contribution in [1.29, 1.82) is 0 Å². The molecule has 1 aliphatic carbocycles. The molecule has 0 aromatic rings. The van der Waals surface area contributed by atoms with Gasteiger partial charge in [-0.3, -0.25) is 0 Å². The number of ether oxygens (including phenoxy) is 1. The van der Waals surface area contributed by atoms with E-state index >= 15 is 0 Å². The summed E-state index contributed by atoms with van der Waals surface area (Å²) in [5.41, 5.74) is 6.75. The van der Waals surface area contributed by atoms with E-state index in [-0.39, 0.29) is 0 Å². The maximum absolute atomic E-state index is 5.83. The Bertz CT molecular complexity index is 183. The van der Waals surface area contributed by atoms with Crippen LogP contribution in [0.5, 0.6) is 0 Å². The number of allylic oxidation sites excluding steroid dienone is 2. The van der Waals surface area contributed by atoms with E-state index in [0.717, 1.165) is 36.8 Å². The summed E-state index contributed by atoms with van der Waals surface area (Å²) in [5.74, 6) is 1.81. The van der Waals surface area contributed by atoms with Crippen LogP contribution in [0.4, 0.5) is 0 Å². The van der Waals surface area contributed by atoms with Crippen LogP contribution in [0, 0.1) is 5.92 Å². The van der Waals surface area contributed by atoms with Crippen LogP contribution in [-0.2, 0) is 4.74 Å². The van der Waals surface area contributed by atoms with Gasteiger partial charge in [-0.2, -0.15) is 0 Å². The molecule has 13 heavy (non-hydrogen) atoms. The third kappa shape index (κ3) is 2.94. The van der Waals surface area contributed by atoms with Crippen molar-refractivity contribution < 1.29 is 4.74 Å². The van der Waals surface area contributed by atoms with Crippen LogP contribution >= 0.6 is 0 Å². The Morgan fingerprint density at radius 1 is 1.31 bits per heavy atom. The average molecular weight is 183 g/mol. The molecule has 76 valence electrons. The monoisotopic (exact) mass is 183 g/mol. The Labute approximate surface area is 81.1 Å². The lowest BCUT2D eigenvalue weighted by molar-refractivity contribution is 0.115. The summed E-state index contributed by atoms with van der Waals surface area (Å²) in [7, 11) is 0. The molecule has 1 rings (SSSR count). The Kier molecular flexibility index (Phi) is 4.13. The van der Waals surface area contributed by atoms with Gasteiger partial charge in [-0.1, -0.05) is 20.3 Å². The second kappa shape index (κ2) is 5.15. The van der Waals surface area contributed by atoms with Crippen molar-refractivity contribution in [3.05, 3.63) is 11.5 Å². The molecule has 0 bridgehead atoms. The zero-order valence-electron chi connectivity index (χ0n) is 8.81. The van der Waals surface area contributed by atoms with Gasteiger partial charge in [-0.15, -0.1) is 0 Å². The van der Waals surface area contributed by atoms with E-state index in [0.29, 0.717) is 0 Å². The Balaban J connectivity index is 2.30. The standard InChI is InChI=1S/C11H21NO/c1-3-10(12)11(4-2)13-8-9-6-5-7-9/h9H,3-8,12H2,1-2H3/b11-10-. The molecular weight excluding hydrogens is 162 g/mol. The van der Waals surface area contributed by atoms with E-state index in [2.05, 4.69) is 13.8 Å². The first-order valence-electron chi connectivity index (χ1n) is 5.38. The number of rotatable bonds is 5. The summed E-state index contributed by atoms with van der Waals surface area (Å²) in [6.45, 7) is 5.04. The maximum atomic E-state index is 5.83. The highest BCUT2D eigenvalue weighted by molar-refractivity contribution is 5.03. The number of hydrogen-bond acceptors (Lipinski definition) is 2. The van der Waals surface area contributed by atoms with Crippen molar-refractivity contribution in [3.63, 3.8) is 0 Å². The molecule has 2 N–H and O–H groups in total. The fourth-order valence-electron chi connectivity index (χ4n) is 1.50. The first kappa shape index (κ1) is 10.4. The summed E-state index contributed by atoms with van der Waals surface area (Å²) >= 11 is 0. The summed E-state index contributed by atoms with van der Waals surface area (Å²) < 4.78 is 5.70. The first-order chi connectivity index (χ1) is 6.27. The minimum atomic E-state index is 0.797. The largest absolute Gasteiger partial charge is 0.496 e. The molecule has 2 nitrogen and oxygen atoms in total. The smallest absolute Gasteiger partial charge is 0.114 e. The molecule has 0 spiro atoms. The molecule has 2 heteroatoms. The van der Waals surface area contributed by atoms with E-state index in [1.165, 1.54) is 19.3 Å². The fourth-order valence-corrected chi connectivity index (χ4v) is 1.50. The van der Waals surface area contributed by atoms with Gasteiger partial charge >= 0.3 is 0 Å². The molecule has 0 amide bonds. The number of nitrogens with two attached hydrogens (primary N) is 1. The Morgan fingerprint density at radius 2 is 2.00 bits per heavy atom. The molecule has 0 aliphatic heterocycles. The van der Waals surface area contributed by atoms with Crippen molar-refractivity contribution in [2.75, 3.05) is 6.61 Å². The van der Waals surface area contributed by atoms with Gasteiger partial charge in [0.25, 0.3) is 0 Å². The molecule has 0 atom stereocenters. The lowest BCUT2D eigenvalue weighted by atomic mass is 9.86. The van der Waals surface area contributed by atoms with Crippen LogP contribution in [-0.4, -0.2) is 6.61 Å². The van der Waals surface area contributed by atoms with E-state index in [4.69, 9.17) is 10.5 Å². The molecule has 0 radical (unpaired) electrons. The van der Waals surface area contributed by atoms with Crippen LogP contribution in [0.2, 0.25) is 0 Å². The predicted molar refractivity (Wildman–Crippen MR) is 55.1 cm³/mol. The maximum Gasteiger partial charge on any atom is 0.114 e. The second-order valence-electron chi connectivity index (χ2n) is 3.76. The molecule has 1 fully saturated rings. The van der Waals surface area contributed by atoms with E-state index in [9.17, 15) is 0 Å². The van der Waals surface area contributed by atoms with Gasteiger partial charge in [0.2, 0.25) is 0 Å². The topological polar surface area (TPSA) is 35.2 Å². The molecule has 0 saturated heterocycles. The summed E-state index contributed by atoms with van der Waals surface area (Å²) in [6.07, 6.45) is 5.87. The third-order valence-electron chi connectivity index (χ3n) is 2.78. The molecule has 0 aromatic carbocycles. The molecule has 1 aliphatic rings. The first-order valence-corrected chi connectivity index (χ1v) is 5.38. The molecule has 1 saturated carbocycles. The van der Waals surface area contributed by atoms with Crippen LogP contribution in [0.15, 0.2) is 11.5 Å². The molecular formula is C11H21NO. The van der Waals surface area contributed by atoms with Crippen LogP contribution in [0.3, 0.4) is 0 Å². The van der Waals surface area contributed by atoms with Crippen molar-refractivity contribution in [3.8, 4) is 0 Å². The molecule has 0 unspecified atom stereocenters. The highest BCUT2D eigenvalue weighted by atomic mass is 16.5. The van der Waals surface area contributed by atoms with Crippen molar-refractivity contribution in [2.45, 2.75) is 46.0 Å².